The van der Waals surface area contributed by atoms with Crippen LogP contribution >= 0.6 is 0 Å². The summed E-state index contributed by atoms with van der Waals surface area (Å²) in [5.74, 6) is -0.232. The maximum Gasteiger partial charge on any atom is 0.224 e. The number of piperidine rings is 1. The summed E-state index contributed by atoms with van der Waals surface area (Å²) in [4.78, 5) is 26.5. The summed E-state index contributed by atoms with van der Waals surface area (Å²) in [5, 5.41) is 6.20. The van der Waals surface area contributed by atoms with E-state index in [1.54, 1.807) is 12.1 Å². The average Bonchev–Trinajstić information content (AvgIpc) is 2.68. The van der Waals surface area contributed by atoms with Gasteiger partial charge in [0.15, 0.2) is 0 Å². The molecule has 1 aromatic rings. The molecule has 0 radical (unpaired) electrons. The molecule has 0 aromatic heterocycles. The highest BCUT2D eigenvalue weighted by atomic mass is 19.1. The first kappa shape index (κ1) is 18.8. The minimum atomic E-state index is -0.285. The van der Waals surface area contributed by atoms with Crippen molar-refractivity contribution in [2.75, 3.05) is 32.8 Å². The fourth-order valence-corrected chi connectivity index (χ4v) is 3.42. The lowest BCUT2D eigenvalue weighted by molar-refractivity contribution is -0.136. The topological polar surface area (TPSA) is 70.7 Å². The number of halogens is 1. The maximum absolute atomic E-state index is 12.9. The first-order valence-electron chi connectivity index (χ1n) is 9.23. The fraction of sp³-hybridized carbons (Fsp3) is 0.579. The van der Waals surface area contributed by atoms with Gasteiger partial charge in [-0.2, -0.15) is 0 Å². The molecule has 0 aliphatic carbocycles. The van der Waals surface area contributed by atoms with Gasteiger partial charge in [0.25, 0.3) is 0 Å². The molecule has 2 saturated heterocycles. The Labute approximate surface area is 153 Å². The Morgan fingerprint density at radius 2 is 1.96 bits per heavy atom. The number of nitrogens with zero attached hydrogens (tertiary/aromatic N) is 1. The molecule has 0 spiro atoms. The van der Waals surface area contributed by atoms with Gasteiger partial charge in [-0.05, 0) is 30.5 Å². The number of rotatable bonds is 5. The van der Waals surface area contributed by atoms with Crippen molar-refractivity contribution in [2.45, 2.75) is 31.8 Å². The SMILES string of the molecule is O=C(NCc1ccc(F)cc1)C1CCN(C(=O)CC2COCCN2)CC1. The third-order valence-electron chi connectivity index (χ3n) is 5.02. The summed E-state index contributed by atoms with van der Waals surface area (Å²) >= 11 is 0. The molecule has 7 heteroatoms. The van der Waals surface area contributed by atoms with Crippen LogP contribution in [0.5, 0.6) is 0 Å². The van der Waals surface area contributed by atoms with Crippen molar-refractivity contribution in [3.8, 4) is 0 Å². The zero-order valence-corrected chi connectivity index (χ0v) is 14.9. The number of morpholine rings is 1. The third kappa shape index (κ3) is 5.25. The Kier molecular flexibility index (Phi) is 6.57. The number of hydrogen-bond acceptors (Lipinski definition) is 4. The van der Waals surface area contributed by atoms with Gasteiger partial charge in [-0.15, -0.1) is 0 Å². The van der Waals surface area contributed by atoms with Gasteiger partial charge in [-0.25, -0.2) is 4.39 Å². The molecule has 0 saturated carbocycles. The second-order valence-electron chi connectivity index (χ2n) is 6.93. The van der Waals surface area contributed by atoms with Crippen LogP contribution in [-0.2, 0) is 20.9 Å². The van der Waals surface area contributed by atoms with Crippen molar-refractivity contribution in [1.82, 2.24) is 15.5 Å². The zero-order chi connectivity index (χ0) is 18.4. The predicted octanol–water partition coefficient (Wildman–Crippen LogP) is 1.06. The van der Waals surface area contributed by atoms with E-state index < -0.39 is 0 Å². The number of carbonyl (C=O) groups excluding carboxylic acids is 2. The standard InChI is InChI=1S/C19H26FN3O3/c20-16-3-1-14(2-4-16)12-22-19(25)15-5-8-23(9-6-15)18(24)11-17-13-26-10-7-21-17/h1-4,15,17,21H,5-13H2,(H,22,25). The molecular weight excluding hydrogens is 337 g/mol. The number of ether oxygens (including phenoxy) is 1. The number of benzene rings is 1. The zero-order valence-electron chi connectivity index (χ0n) is 14.9. The van der Waals surface area contributed by atoms with Crippen molar-refractivity contribution in [2.24, 2.45) is 5.92 Å². The molecule has 2 fully saturated rings. The van der Waals surface area contributed by atoms with E-state index in [1.165, 1.54) is 12.1 Å². The van der Waals surface area contributed by atoms with Gasteiger partial charge in [-0.3, -0.25) is 9.59 Å². The summed E-state index contributed by atoms with van der Waals surface area (Å²) in [5.41, 5.74) is 0.870. The van der Waals surface area contributed by atoms with Crippen molar-refractivity contribution < 1.29 is 18.7 Å². The van der Waals surface area contributed by atoms with Gasteiger partial charge in [-0.1, -0.05) is 12.1 Å². The number of hydrogen-bond donors (Lipinski definition) is 2. The number of carbonyl (C=O) groups is 2. The van der Waals surface area contributed by atoms with Gasteiger partial charge in [0.1, 0.15) is 5.82 Å². The molecule has 6 nitrogen and oxygen atoms in total. The molecule has 2 amide bonds. The fourth-order valence-electron chi connectivity index (χ4n) is 3.42. The molecule has 3 rings (SSSR count). The van der Waals surface area contributed by atoms with Crippen LogP contribution in [0.3, 0.4) is 0 Å². The molecule has 26 heavy (non-hydrogen) atoms. The summed E-state index contributed by atoms with van der Waals surface area (Å²) in [6, 6.07) is 6.20. The Morgan fingerprint density at radius 3 is 2.62 bits per heavy atom. The summed E-state index contributed by atoms with van der Waals surface area (Å²) in [6.07, 6.45) is 1.80. The molecule has 2 heterocycles. The van der Waals surface area contributed by atoms with Crippen LogP contribution in [0.1, 0.15) is 24.8 Å². The monoisotopic (exact) mass is 363 g/mol. The molecular formula is C19H26FN3O3. The van der Waals surface area contributed by atoms with E-state index in [-0.39, 0.29) is 29.6 Å². The lowest BCUT2D eigenvalue weighted by Gasteiger charge is -2.33. The van der Waals surface area contributed by atoms with Crippen molar-refractivity contribution in [1.29, 1.82) is 0 Å². The molecule has 2 aliphatic rings. The average molecular weight is 363 g/mol. The van der Waals surface area contributed by atoms with E-state index in [2.05, 4.69) is 10.6 Å². The van der Waals surface area contributed by atoms with E-state index in [4.69, 9.17) is 4.74 Å². The van der Waals surface area contributed by atoms with Gasteiger partial charge in [0, 0.05) is 44.6 Å². The van der Waals surface area contributed by atoms with Crippen LogP contribution in [0, 0.1) is 11.7 Å². The summed E-state index contributed by atoms with van der Waals surface area (Å²) in [6.45, 7) is 3.68. The molecule has 142 valence electrons. The van der Waals surface area contributed by atoms with E-state index in [0.29, 0.717) is 52.1 Å². The first-order chi connectivity index (χ1) is 12.6. The highest BCUT2D eigenvalue weighted by molar-refractivity contribution is 5.80. The van der Waals surface area contributed by atoms with Gasteiger partial charge in [0.05, 0.1) is 13.2 Å². The molecule has 1 unspecified atom stereocenters. The van der Waals surface area contributed by atoms with Gasteiger partial charge < -0.3 is 20.3 Å². The van der Waals surface area contributed by atoms with Crippen LogP contribution in [0.25, 0.3) is 0 Å². The second-order valence-corrected chi connectivity index (χ2v) is 6.93. The van der Waals surface area contributed by atoms with Crippen LogP contribution in [-0.4, -0.2) is 55.6 Å². The highest BCUT2D eigenvalue weighted by Gasteiger charge is 2.28. The molecule has 0 bridgehead atoms. The normalized spacial score (nSPS) is 21.4. The Morgan fingerprint density at radius 1 is 1.23 bits per heavy atom. The Hall–Kier alpha value is -1.99. The van der Waals surface area contributed by atoms with Crippen LogP contribution < -0.4 is 10.6 Å². The Bertz CT molecular complexity index is 609. The van der Waals surface area contributed by atoms with Gasteiger partial charge in [0.2, 0.25) is 11.8 Å². The lowest BCUT2D eigenvalue weighted by Crippen LogP contribution is -2.47. The van der Waals surface area contributed by atoms with E-state index in [9.17, 15) is 14.0 Å². The van der Waals surface area contributed by atoms with Gasteiger partial charge >= 0.3 is 0 Å². The second kappa shape index (κ2) is 9.09. The third-order valence-corrected chi connectivity index (χ3v) is 5.02. The summed E-state index contributed by atoms with van der Waals surface area (Å²) < 4.78 is 18.3. The number of nitrogens with one attached hydrogen (secondary N) is 2. The quantitative estimate of drug-likeness (QED) is 0.821. The lowest BCUT2D eigenvalue weighted by atomic mass is 9.95. The van der Waals surface area contributed by atoms with E-state index in [0.717, 1.165) is 12.1 Å². The van der Waals surface area contributed by atoms with Crippen molar-refractivity contribution >= 4 is 11.8 Å². The van der Waals surface area contributed by atoms with Crippen LogP contribution in [0.4, 0.5) is 4.39 Å². The molecule has 2 N–H and O–H groups in total. The molecule has 2 aliphatic heterocycles. The largest absolute Gasteiger partial charge is 0.378 e. The van der Waals surface area contributed by atoms with Crippen LogP contribution in [0.2, 0.25) is 0 Å². The molecule has 1 atom stereocenters. The smallest absolute Gasteiger partial charge is 0.224 e. The Balaban J connectivity index is 1.39. The maximum atomic E-state index is 12.9. The van der Waals surface area contributed by atoms with Crippen molar-refractivity contribution in [3.63, 3.8) is 0 Å². The van der Waals surface area contributed by atoms with Crippen molar-refractivity contribution in [3.05, 3.63) is 35.6 Å². The van der Waals surface area contributed by atoms with E-state index in [1.807, 2.05) is 4.90 Å². The minimum Gasteiger partial charge on any atom is -0.378 e. The first-order valence-corrected chi connectivity index (χ1v) is 9.23. The van der Waals surface area contributed by atoms with E-state index >= 15 is 0 Å². The number of likely N-dealkylation sites (tertiary alicyclic amines) is 1. The molecule has 1 aromatic carbocycles. The number of amides is 2. The minimum absolute atomic E-state index is 0.00349. The summed E-state index contributed by atoms with van der Waals surface area (Å²) in [7, 11) is 0. The predicted molar refractivity (Wildman–Crippen MR) is 94.8 cm³/mol. The van der Waals surface area contributed by atoms with Crippen LogP contribution in [0.15, 0.2) is 24.3 Å². The highest BCUT2D eigenvalue weighted by Crippen LogP contribution is 2.19.